The SMILES string of the molecule is COc1ccc(C(=O)N[C@@H](c2nnc(SCC(=O)Nc3ccc(C)c(Cl)c3)n2C)C(C)C)cc1. The largest absolute Gasteiger partial charge is 0.497 e. The highest BCUT2D eigenvalue weighted by Crippen LogP contribution is 2.25. The minimum atomic E-state index is -0.357. The average molecular weight is 502 g/mol. The van der Waals surface area contributed by atoms with E-state index in [1.165, 1.54) is 11.8 Å². The highest BCUT2D eigenvalue weighted by molar-refractivity contribution is 7.99. The number of carbonyl (C=O) groups excluding carboxylic acids is 2. The molecule has 0 saturated carbocycles. The number of hydrogen-bond donors (Lipinski definition) is 2. The van der Waals surface area contributed by atoms with Gasteiger partial charge in [-0.15, -0.1) is 10.2 Å². The van der Waals surface area contributed by atoms with Gasteiger partial charge in [-0.2, -0.15) is 0 Å². The number of hydrogen-bond acceptors (Lipinski definition) is 6. The fourth-order valence-electron chi connectivity index (χ4n) is 3.22. The van der Waals surface area contributed by atoms with Crippen LogP contribution in [0.1, 0.15) is 41.6 Å². The minimum Gasteiger partial charge on any atom is -0.497 e. The topological polar surface area (TPSA) is 98.1 Å². The van der Waals surface area contributed by atoms with E-state index in [2.05, 4.69) is 20.8 Å². The van der Waals surface area contributed by atoms with Crippen molar-refractivity contribution >= 4 is 40.9 Å². The Morgan fingerprint density at radius 3 is 2.47 bits per heavy atom. The first-order chi connectivity index (χ1) is 16.2. The zero-order valence-electron chi connectivity index (χ0n) is 19.8. The highest BCUT2D eigenvalue weighted by atomic mass is 35.5. The van der Waals surface area contributed by atoms with E-state index >= 15 is 0 Å². The third-order valence-electron chi connectivity index (χ3n) is 5.24. The Bertz CT molecular complexity index is 1160. The number of aromatic nitrogens is 3. The fourth-order valence-corrected chi connectivity index (χ4v) is 4.12. The van der Waals surface area contributed by atoms with E-state index in [1.807, 2.05) is 40.0 Å². The molecule has 0 spiro atoms. The first-order valence-corrected chi connectivity index (χ1v) is 12.1. The first-order valence-electron chi connectivity index (χ1n) is 10.7. The molecule has 0 saturated heterocycles. The molecule has 0 fully saturated rings. The number of nitrogens with zero attached hydrogens (tertiary/aromatic N) is 3. The number of amides is 2. The molecule has 0 bridgehead atoms. The maximum absolute atomic E-state index is 12.8. The van der Waals surface area contributed by atoms with Crippen LogP contribution >= 0.6 is 23.4 Å². The average Bonchev–Trinajstić information content (AvgIpc) is 3.18. The Balaban J connectivity index is 1.65. The normalized spacial score (nSPS) is 11.9. The predicted molar refractivity (Wildman–Crippen MR) is 135 cm³/mol. The minimum absolute atomic E-state index is 0.0672. The summed E-state index contributed by atoms with van der Waals surface area (Å²) in [5.74, 6) is 1.13. The van der Waals surface area contributed by atoms with Gasteiger partial charge in [0.1, 0.15) is 5.75 Å². The Labute approximate surface area is 208 Å². The van der Waals surface area contributed by atoms with E-state index in [-0.39, 0.29) is 29.5 Å². The molecule has 0 aliphatic rings. The molecule has 3 rings (SSSR count). The Kier molecular flexibility index (Phi) is 8.57. The van der Waals surface area contributed by atoms with Crippen LogP contribution in [0, 0.1) is 12.8 Å². The summed E-state index contributed by atoms with van der Waals surface area (Å²) in [5, 5.41) is 15.6. The summed E-state index contributed by atoms with van der Waals surface area (Å²) in [6.07, 6.45) is 0. The van der Waals surface area contributed by atoms with Gasteiger partial charge in [0.15, 0.2) is 11.0 Å². The molecule has 0 aliphatic heterocycles. The number of carbonyl (C=O) groups is 2. The van der Waals surface area contributed by atoms with Crippen LogP contribution in [0.25, 0.3) is 0 Å². The summed E-state index contributed by atoms with van der Waals surface area (Å²) in [4.78, 5) is 25.2. The van der Waals surface area contributed by atoms with E-state index in [0.717, 1.165) is 5.56 Å². The van der Waals surface area contributed by atoms with Crippen molar-refractivity contribution in [1.29, 1.82) is 0 Å². The fraction of sp³-hybridized carbons (Fsp3) is 0.333. The number of rotatable bonds is 9. The second kappa shape index (κ2) is 11.4. The molecule has 1 aromatic heterocycles. The molecule has 2 N–H and O–H groups in total. The van der Waals surface area contributed by atoms with Crippen molar-refractivity contribution in [3.63, 3.8) is 0 Å². The predicted octanol–water partition coefficient (Wildman–Crippen LogP) is 4.64. The van der Waals surface area contributed by atoms with Crippen molar-refractivity contribution in [2.45, 2.75) is 32.0 Å². The monoisotopic (exact) mass is 501 g/mol. The van der Waals surface area contributed by atoms with E-state index < -0.39 is 0 Å². The van der Waals surface area contributed by atoms with Crippen LogP contribution in [0.4, 0.5) is 5.69 Å². The summed E-state index contributed by atoms with van der Waals surface area (Å²) in [6, 6.07) is 11.9. The summed E-state index contributed by atoms with van der Waals surface area (Å²) < 4.78 is 6.95. The van der Waals surface area contributed by atoms with E-state index in [4.69, 9.17) is 16.3 Å². The zero-order chi connectivity index (χ0) is 24.8. The number of nitrogens with one attached hydrogen (secondary N) is 2. The lowest BCUT2D eigenvalue weighted by molar-refractivity contribution is -0.113. The number of anilines is 1. The highest BCUT2D eigenvalue weighted by Gasteiger charge is 2.25. The second-order valence-corrected chi connectivity index (χ2v) is 9.47. The van der Waals surface area contributed by atoms with Gasteiger partial charge in [-0.05, 0) is 54.8 Å². The number of ether oxygens (including phenoxy) is 1. The van der Waals surface area contributed by atoms with E-state index in [9.17, 15) is 9.59 Å². The molecular formula is C24H28ClN5O3S. The van der Waals surface area contributed by atoms with E-state index in [0.29, 0.717) is 33.0 Å². The molecule has 180 valence electrons. The van der Waals surface area contributed by atoms with Gasteiger partial charge >= 0.3 is 0 Å². The zero-order valence-corrected chi connectivity index (χ0v) is 21.3. The lowest BCUT2D eigenvalue weighted by Gasteiger charge is -2.21. The third kappa shape index (κ3) is 6.30. The van der Waals surface area contributed by atoms with Crippen LogP contribution in [0.5, 0.6) is 5.75 Å². The van der Waals surface area contributed by atoms with Gasteiger partial charge in [-0.25, -0.2) is 0 Å². The van der Waals surface area contributed by atoms with Crippen LogP contribution in [0.15, 0.2) is 47.6 Å². The Morgan fingerprint density at radius 2 is 1.85 bits per heavy atom. The van der Waals surface area contributed by atoms with Crippen molar-refractivity contribution in [1.82, 2.24) is 20.1 Å². The van der Waals surface area contributed by atoms with Gasteiger partial charge in [0.2, 0.25) is 5.91 Å². The molecule has 0 aliphatic carbocycles. The van der Waals surface area contributed by atoms with Crippen molar-refractivity contribution < 1.29 is 14.3 Å². The molecule has 0 unspecified atom stereocenters. The maximum atomic E-state index is 12.8. The number of benzene rings is 2. The first kappa shape index (κ1) is 25.6. The lowest BCUT2D eigenvalue weighted by atomic mass is 10.0. The van der Waals surface area contributed by atoms with Gasteiger partial charge in [-0.3, -0.25) is 9.59 Å². The number of halogens is 1. The molecule has 3 aromatic rings. The second-order valence-electron chi connectivity index (χ2n) is 8.12. The smallest absolute Gasteiger partial charge is 0.251 e. The quantitative estimate of drug-likeness (QED) is 0.414. The summed E-state index contributed by atoms with van der Waals surface area (Å²) in [5.41, 5.74) is 2.11. The maximum Gasteiger partial charge on any atom is 0.251 e. The van der Waals surface area contributed by atoms with Gasteiger partial charge in [0, 0.05) is 23.3 Å². The third-order valence-corrected chi connectivity index (χ3v) is 6.67. The summed E-state index contributed by atoms with van der Waals surface area (Å²) >= 11 is 7.39. The molecule has 1 heterocycles. The molecule has 2 aromatic carbocycles. The lowest BCUT2D eigenvalue weighted by Crippen LogP contribution is -2.33. The van der Waals surface area contributed by atoms with E-state index in [1.54, 1.807) is 42.0 Å². The Morgan fingerprint density at radius 1 is 1.15 bits per heavy atom. The molecule has 34 heavy (non-hydrogen) atoms. The number of thioether (sulfide) groups is 1. The molecule has 8 nitrogen and oxygen atoms in total. The van der Waals surface area contributed by atoms with Gasteiger partial charge in [0.25, 0.3) is 5.91 Å². The molecule has 0 radical (unpaired) electrons. The van der Waals surface area contributed by atoms with Crippen LogP contribution in [-0.4, -0.2) is 39.4 Å². The molecule has 10 heteroatoms. The van der Waals surface area contributed by atoms with Crippen LogP contribution in [-0.2, 0) is 11.8 Å². The van der Waals surface area contributed by atoms with Crippen LogP contribution < -0.4 is 15.4 Å². The standard InChI is InChI=1S/C24H28ClN5O3S/c1-14(2)21(27-23(32)16-7-10-18(33-5)11-8-16)22-28-29-24(30(22)4)34-13-20(31)26-17-9-6-15(3)19(25)12-17/h6-12,14,21H,13H2,1-5H3,(H,26,31)(H,27,32)/t21-/m1/s1. The number of methoxy groups -OCH3 is 1. The van der Waals surface area contributed by atoms with Crippen molar-refractivity contribution in [3.8, 4) is 5.75 Å². The van der Waals surface area contributed by atoms with Gasteiger partial charge < -0.3 is 19.9 Å². The van der Waals surface area contributed by atoms with Crippen LogP contribution in [0.2, 0.25) is 5.02 Å². The van der Waals surface area contributed by atoms with Crippen molar-refractivity contribution in [2.75, 3.05) is 18.2 Å². The number of aryl methyl sites for hydroxylation is 1. The molecule has 2 amide bonds. The van der Waals surface area contributed by atoms with Gasteiger partial charge in [-0.1, -0.05) is 43.3 Å². The Hall–Kier alpha value is -3.04. The molecule has 1 atom stereocenters. The molecular weight excluding hydrogens is 474 g/mol. The van der Waals surface area contributed by atoms with Gasteiger partial charge in [0.05, 0.1) is 18.9 Å². The summed E-state index contributed by atoms with van der Waals surface area (Å²) in [6.45, 7) is 5.90. The van der Waals surface area contributed by atoms with Crippen molar-refractivity contribution in [2.24, 2.45) is 13.0 Å². The van der Waals surface area contributed by atoms with Crippen LogP contribution in [0.3, 0.4) is 0 Å². The van der Waals surface area contributed by atoms with Crippen molar-refractivity contribution in [3.05, 3.63) is 64.4 Å². The summed E-state index contributed by atoms with van der Waals surface area (Å²) in [7, 11) is 3.40.